The summed E-state index contributed by atoms with van der Waals surface area (Å²) < 4.78 is 0. The van der Waals surface area contributed by atoms with Gasteiger partial charge in [-0.05, 0) is 37.5 Å². The van der Waals surface area contributed by atoms with Gasteiger partial charge in [0.25, 0.3) is 0 Å². The van der Waals surface area contributed by atoms with Gasteiger partial charge >= 0.3 is 5.97 Å². The molecule has 0 bridgehead atoms. The molecule has 0 saturated carbocycles. The minimum Gasteiger partial charge on any atom is -0.480 e. The van der Waals surface area contributed by atoms with Crippen LogP contribution in [0.4, 0.5) is 5.82 Å². The molecule has 20 heavy (non-hydrogen) atoms. The maximum absolute atomic E-state index is 11.8. The van der Waals surface area contributed by atoms with Gasteiger partial charge in [-0.3, -0.25) is 0 Å². The first-order chi connectivity index (χ1) is 9.50. The number of carbonyl (C=O) groups is 1. The number of nitrogens with zero attached hydrogens (tertiary/aromatic N) is 3. The van der Waals surface area contributed by atoms with E-state index in [0.717, 1.165) is 55.7 Å². The SMILES string of the molecule is CC1(C)CCCN(c2ncnc3c2CCC3)C1C(=O)O. The molecule has 5 nitrogen and oxygen atoms in total. The van der Waals surface area contributed by atoms with E-state index in [0.29, 0.717) is 0 Å². The number of rotatable bonds is 2. The first-order valence-corrected chi connectivity index (χ1v) is 7.33. The molecule has 1 atom stereocenters. The van der Waals surface area contributed by atoms with Gasteiger partial charge in [0.15, 0.2) is 0 Å². The quantitative estimate of drug-likeness (QED) is 0.894. The minimum atomic E-state index is -0.750. The molecule has 1 N–H and O–H groups in total. The average Bonchev–Trinajstić information content (AvgIpc) is 2.84. The molecule has 1 aliphatic carbocycles. The Hall–Kier alpha value is -1.65. The van der Waals surface area contributed by atoms with Crippen molar-refractivity contribution in [2.75, 3.05) is 11.4 Å². The fraction of sp³-hybridized carbons (Fsp3) is 0.667. The maximum Gasteiger partial charge on any atom is 0.326 e. The predicted molar refractivity (Wildman–Crippen MR) is 75.8 cm³/mol. The van der Waals surface area contributed by atoms with Gasteiger partial charge in [0.05, 0.1) is 0 Å². The molecule has 1 aromatic heterocycles. The summed E-state index contributed by atoms with van der Waals surface area (Å²) in [6.07, 6.45) is 6.58. The Kier molecular flexibility index (Phi) is 3.15. The van der Waals surface area contributed by atoms with Crippen LogP contribution >= 0.6 is 0 Å². The molecule has 0 amide bonds. The van der Waals surface area contributed by atoms with Gasteiger partial charge in [0.2, 0.25) is 0 Å². The van der Waals surface area contributed by atoms with Crippen LogP contribution in [0.15, 0.2) is 6.33 Å². The summed E-state index contributed by atoms with van der Waals surface area (Å²) >= 11 is 0. The summed E-state index contributed by atoms with van der Waals surface area (Å²) in [5, 5.41) is 9.67. The largest absolute Gasteiger partial charge is 0.480 e. The van der Waals surface area contributed by atoms with Crippen molar-refractivity contribution in [2.24, 2.45) is 5.41 Å². The second-order valence-electron chi connectivity index (χ2n) is 6.50. The molecule has 1 fully saturated rings. The van der Waals surface area contributed by atoms with E-state index in [1.807, 2.05) is 18.7 Å². The maximum atomic E-state index is 11.8. The smallest absolute Gasteiger partial charge is 0.326 e. The van der Waals surface area contributed by atoms with Gasteiger partial charge in [-0.25, -0.2) is 14.8 Å². The van der Waals surface area contributed by atoms with E-state index in [9.17, 15) is 9.90 Å². The van der Waals surface area contributed by atoms with Crippen molar-refractivity contribution in [3.8, 4) is 0 Å². The summed E-state index contributed by atoms with van der Waals surface area (Å²) in [4.78, 5) is 22.5. The molecular weight excluding hydrogens is 254 g/mol. The molecule has 1 aliphatic heterocycles. The van der Waals surface area contributed by atoms with Crippen LogP contribution in [0.5, 0.6) is 0 Å². The van der Waals surface area contributed by atoms with Crippen molar-refractivity contribution in [3.05, 3.63) is 17.6 Å². The number of piperidine rings is 1. The van der Waals surface area contributed by atoms with E-state index >= 15 is 0 Å². The summed E-state index contributed by atoms with van der Waals surface area (Å²) in [5.74, 6) is 0.104. The van der Waals surface area contributed by atoms with Gasteiger partial charge in [-0.2, -0.15) is 0 Å². The topological polar surface area (TPSA) is 66.3 Å². The zero-order valence-corrected chi connectivity index (χ0v) is 12.1. The summed E-state index contributed by atoms with van der Waals surface area (Å²) in [6, 6.07) is -0.504. The van der Waals surface area contributed by atoms with Crippen LogP contribution in [0.25, 0.3) is 0 Å². The van der Waals surface area contributed by atoms with Crippen LogP contribution < -0.4 is 4.90 Å². The lowest BCUT2D eigenvalue weighted by atomic mass is 9.76. The zero-order valence-electron chi connectivity index (χ0n) is 12.1. The average molecular weight is 275 g/mol. The lowest BCUT2D eigenvalue weighted by Crippen LogP contribution is -2.55. The normalized spacial score (nSPS) is 24.5. The number of carboxylic acid groups (broad SMARTS) is 1. The van der Waals surface area contributed by atoms with E-state index < -0.39 is 12.0 Å². The van der Waals surface area contributed by atoms with E-state index in [-0.39, 0.29) is 5.41 Å². The lowest BCUT2D eigenvalue weighted by molar-refractivity contribution is -0.142. The third-order valence-electron chi connectivity index (χ3n) is 4.63. The summed E-state index contributed by atoms with van der Waals surface area (Å²) in [5.41, 5.74) is 2.03. The predicted octanol–water partition coefficient (Wildman–Crippen LogP) is 2.04. The van der Waals surface area contributed by atoms with Crippen molar-refractivity contribution >= 4 is 11.8 Å². The number of carboxylic acids is 1. The molecular formula is C15H21N3O2. The molecule has 108 valence electrons. The Morgan fingerprint density at radius 3 is 2.90 bits per heavy atom. The number of hydrogen-bond acceptors (Lipinski definition) is 4. The molecule has 0 spiro atoms. The van der Waals surface area contributed by atoms with Crippen molar-refractivity contribution in [1.82, 2.24) is 9.97 Å². The molecule has 0 aromatic carbocycles. The van der Waals surface area contributed by atoms with Crippen molar-refractivity contribution in [1.29, 1.82) is 0 Å². The number of aromatic nitrogens is 2. The Labute approximate surface area is 119 Å². The zero-order chi connectivity index (χ0) is 14.3. The van der Waals surface area contributed by atoms with Gasteiger partial charge in [0, 0.05) is 17.8 Å². The molecule has 1 aromatic rings. The molecule has 2 heterocycles. The number of aliphatic carboxylic acids is 1. The van der Waals surface area contributed by atoms with Crippen molar-refractivity contribution in [2.45, 2.75) is 52.0 Å². The third kappa shape index (κ3) is 2.05. The van der Waals surface area contributed by atoms with Gasteiger partial charge < -0.3 is 10.0 Å². The number of hydrogen-bond donors (Lipinski definition) is 1. The monoisotopic (exact) mass is 275 g/mol. The van der Waals surface area contributed by atoms with E-state index in [1.165, 1.54) is 0 Å². The van der Waals surface area contributed by atoms with Gasteiger partial charge in [-0.1, -0.05) is 13.8 Å². The second-order valence-corrected chi connectivity index (χ2v) is 6.50. The highest BCUT2D eigenvalue weighted by Crippen LogP contribution is 2.39. The van der Waals surface area contributed by atoms with Crippen LogP contribution in [-0.4, -0.2) is 33.6 Å². The Morgan fingerprint density at radius 1 is 1.35 bits per heavy atom. The van der Waals surface area contributed by atoms with Crippen LogP contribution in [-0.2, 0) is 17.6 Å². The van der Waals surface area contributed by atoms with E-state index in [4.69, 9.17) is 0 Å². The fourth-order valence-electron chi connectivity index (χ4n) is 3.68. The van der Waals surface area contributed by atoms with E-state index in [2.05, 4.69) is 9.97 Å². The second kappa shape index (κ2) is 4.72. The van der Waals surface area contributed by atoms with Crippen LogP contribution in [0.2, 0.25) is 0 Å². The van der Waals surface area contributed by atoms with E-state index in [1.54, 1.807) is 6.33 Å². The minimum absolute atomic E-state index is 0.236. The van der Waals surface area contributed by atoms with Crippen LogP contribution in [0, 0.1) is 5.41 Å². The number of anilines is 1. The van der Waals surface area contributed by atoms with Crippen molar-refractivity contribution < 1.29 is 9.90 Å². The first kappa shape index (κ1) is 13.3. The van der Waals surface area contributed by atoms with Gasteiger partial charge in [0.1, 0.15) is 18.2 Å². The molecule has 1 unspecified atom stereocenters. The Bertz CT molecular complexity index is 542. The molecule has 2 aliphatic rings. The standard InChI is InChI=1S/C15H21N3O2/c1-15(2)7-4-8-18(12(15)14(19)20)13-10-5-3-6-11(10)16-9-17-13/h9,12H,3-8H2,1-2H3,(H,19,20). The molecule has 0 radical (unpaired) electrons. The Balaban J connectivity index is 2.04. The highest BCUT2D eigenvalue weighted by molar-refractivity contribution is 5.79. The number of fused-ring (bicyclic) bond motifs is 1. The lowest BCUT2D eigenvalue weighted by Gasteiger charge is -2.45. The van der Waals surface area contributed by atoms with Crippen LogP contribution in [0.3, 0.4) is 0 Å². The fourth-order valence-corrected chi connectivity index (χ4v) is 3.68. The summed E-state index contributed by atoms with van der Waals surface area (Å²) in [6.45, 7) is 4.85. The number of aryl methyl sites for hydroxylation is 1. The molecule has 5 heteroatoms. The highest BCUT2D eigenvalue weighted by atomic mass is 16.4. The Morgan fingerprint density at radius 2 is 2.15 bits per heavy atom. The third-order valence-corrected chi connectivity index (χ3v) is 4.63. The van der Waals surface area contributed by atoms with Crippen LogP contribution in [0.1, 0.15) is 44.4 Å². The summed E-state index contributed by atoms with van der Waals surface area (Å²) in [7, 11) is 0. The van der Waals surface area contributed by atoms with Crippen molar-refractivity contribution in [3.63, 3.8) is 0 Å². The highest BCUT2D eigenvalue weighted by Gasteiger charge is 2.44. The molecule has 1 saturated heterocycles. The molecule has 3 rings (SSSR count). The first-order valence-electron chi connectivity index (χ1n) is 7.33. The van der Waals surface area contributed by atoms with Gasteiger partial charge in [-0.15, -0.1) is 0 Å².